The predicted octanol–water partition coefficient (Wildman–Crippen LogP) is 1.14. The Kier molecular flexibility index (Phi) is 4.90. The second kappa shape index (κ2) is 6.23. The van der Waals surface area contributed by atoms with Crippen LogP contribution in [0.3, 0.4) is 0 Å². The molecule has 0 radical (unpaired) electrons. The standard InChI is InChI=1S/C13H17N3O4/c1-8(16-12(19)20-13(2,3)4)10(17)11(18)9-7-14-5-6-15-9/h5-8H,1-4H3,(H,16,19). The van der Waals surface area contributed by atoms with Crippen LogP contribution in [0.2, 0.25) is 0 Å². The van der Waals surface area contributed by atoms with E-state index < -0.39 is 29.3 Å². The molecule has 1 aromatic rings. The van der Waals surface area contributed by atoms with Crippen molar-refractivity contribution in [1.29, 1.82) is 0 Å². The molecule has 1 N–H and O–H groups in total. The van der Waals surface area contributed by atoms with Gasteiger partial charge >= 0.3 is 6.09 Å². The normalized spacial score (nSPS) is 12.4. The highest BCUT2D eigenvalue weighted by molar-refractivity contribution is 6.44. The number of ketones is 2. The van der Waals surface area contributed by atoms with E-state index in [2.05, 4.69) is 15.3 Å². The van der Waals surface area contributed by atoms with E-state index in [1.165, 1.54) is 25.5 Å². The first-order chi connectivity index (χ1) is 9.20. The van der Waals surface area contributed by atoms with Crippen molar-refractivity contribution in [2.24, 2.45) is 0 Å². The highest BCUT2D eigenvalue weighted by Gasteiger charge is 2.26. The quantitative estimate of drug-likeness (QED) is 0.655. The molecule has 0 saturated heterocycles. The average molecular weight is 279 g/mol. The molecule has 0 bridgehead atoms. The maximum atomic E-state index is 11.9. The molecule has 7 heteroatoms. The van der Waals surface area contributed by atoms with Crippen LogP contribution in [0.4, 0.5) is 4.79 Å². The Hall–Kier alpha value is -2.31. The summed E-state index contributed by atoms with van der Waals surface area (Å²) in [4.78, 5) is 42.6. The molecule has 20 heavy (non-hydrogen) atoms. The smallest absolute Gasteiger partial charge is 0.408 e. The minimum Gasteiger partial charge on any atom is -0.444 e. The number of carbonyl (C=O) groups is 3. The second-order valence-corrected chi connectivity index (χ2v) is 5.15. The van der Waals surface area contributed by atoms with E-state index in [-0.39, 0.29) is 5.69 Å². The van der Waals surface area contributed by atoms with E-state index in [9.17, 15) is 14.4 Å². The lowest BCUT2D eigenvalue weighted by Crippen LogP contribution is -2.44. The van der Waals surface area contributed by atoms with Crippen LogP contribution in [-0.4, -0.2) is 39.3 Å². The zero-order chi connectivity index (χ0) is 15.3. The van der Waals surface area contributed by atoms with Crippen LogP contribution in [0.25, 0.3) is 0 Å². The van der Waals surface area contributed by atoms with Gasteiger partial charge in [-0.2, -0.15) is 0 Å². The Morgan fingerprint density at radius 2 is 1.90 bits per heavy atom. The fourth-order valence-corrected chi connectivity index (χ4v) is 1.29. The van der Waals surface area contributed by atoms with Crippen LogP contribution in [0.1, 0.15) is 38.2 Å². The Morgan fingerprint density at radius 3 is 2.40 bits per heavy atom. The SMILES string of the molecule is CC(NC(=O)OC(C)(C)C)C(=O)C(=O)c1cnccn1. The second-order valence-electron chi connectivity index (χ2n) is 5.15. The third-order valence-electron chi connectivity index (χ3n) is 2.15. The van der Waals surface area contributed by atoms with E-state index in [1.54, 1.807) is 20.8 Å². The van der Waals surface area contributed by atoms with Gasteiger partial charge in [0.25, 0.3) is 5.78 Å². The van der Waals surface area contributed by atoms with Crippen LogP contribution in [0.15, 0.2) is 18.6 Å². The first-order valence-corrected chi connectivity index (χ1v) is 6.05. The van der Waals surface area contributed by atoms with Crippen molar-refractivity contribution in [3.05, 3.63) is 24.3 Å². The summed E-state index contributed by atoms with van der Waals surface area (Å²) in [5.74, 6) is -1.59. The number of hydrogen-bond donors (Lipinski definition) is 1. The van der Waals surface area contributed by atoms with Gasteiger partial charge in [0.15, 0.2) is 0 Å². The van der Waals surface area contributed by atoms with Crippen molar-refractivity contribution < 1.29 is 19.1 Å². The van der Waals surface area contributed by atoms with Crippen molar-refractivity contribution >= 4 is 17.7 Å². The van der Waals surface area contributed by atoms with Crippen LogP contribution in [-0.2, 0) is 9.53 Å². The molecule has 108 valence electrons. The number of amides is 1. The van der Waals surface area contributed by atoms with Gasteiger partial charge < -0.3 is 10.1 Å². The maximum absolute atomic E-state index is 11.9. The van der Waals surface area contributed by atoms with E-state index in [1.807, 2.05) is 0 Å². The number of aromatic nitrogens is 2. The summed E-state index contributed by atoms with van der Waals surface area (Å²) in [6.45, 7) is 6.50. The molecule has 1 unspecified atom stereocenters. The predicted molar refractivity (Wildman–Crippen MR) is 70.2 cm³/mol. The lowest BCUT2D eigenvalue weighted by atomic mass is 10.1. The number of rotatable bonds is 4. The molecule has 0 aromatic carbocycles. The van der Waals surface area contributed by atoms with Crippen molar-refractivity contribution in [3.8, 4) is 0 Å². The number of alkyl carbamates (subject to hydrolysis) is 1. The van der Waals surface area contributed by atoms with Crippen LogP contribution in [0, 0.1) is 0 Å². The average Bonchev–Trinajstić information content (AvgIpc) is 2.35. The number of carbonyl (C=O) groups excluding carboxylic acids is 3. The van der Waals surface area contributed by atoms with E-state index >= 15 is 0 Å². The molecule has 0 aliphatic heterocycles. The lowest BCUT2D eigenvalue weighted by molar-refractivity contribution is -0.116. The molecule has 1 amide bonds. The lowest BCUT2D eigenvalue weighted by Gasteiger charge is -2.21. The van der Waals surface area contributed by atoms with Gasteiger partial charge in [-0.3, -0.25) is 14.6 Å². The number of nitrogens with zero attached hydrogens (tertiary/aromatic N) is 2. The van der Waals surface area contributed by atoms with Gasteiger partial charge in [-0.25, -0.2) is 9.78 Å². The van der Waals surface area contributed by atoms with Gasteiger partial charge in [0.1, 0.15) is 11.3 Å². The van der Waals surface area contributed by atoms with Gasteiger partial charge in [-0.1, -0.05) is 0 Å². The fourth-order valence-electron chi connectivity index (χ4n) is 1.29. The number of ether oxygens (including phenoxy) is 1. The number of nitrogens with one attached hydrogen (secondary N) is 1. The third-order valence-corrected chi connectivity index (χ3v) is 2.15. The summed E-state index contributed by atoms with van der Waals surface area (Å²) in [6, 6.07) is -1.00. The summed E-state index contributed by atoms with van der Waals surface area (Å²) in [7, 11) is 0. The fraction of sp³-hybridized carbons (Fsp3) is 0.462. The van der Waals surface area contributed by atoms with Crippen molar-refractivity contribution in [2.75, 3.05) is 0 Å². The molecule has 0 fully saturated rings. The number of Topliss-reactive ketones (excluding diaryl/α,β-unsaturated/α-hetero) is 2. The Bertz CT molecular complexity index is 508. The Morgan fingerprint density at radius 1 is 1.25 bits per heavy atom. The summed E-state index contributed by atoms with van der Waals surface area (Å²) in [6.07, 6.45) is 3.14. The summed E-state index contributed by atoms with van der Waals surface area (Å²) in [5, 5.41) is 2.31. The highest BCUT2D eigenvalue weighted by atomic mass is 16.6. The molecule has 0 aliphatic carbocycles. The monoisotopic (exact) mass is 279 g/mol. The summed E-state index contributed by atoms with van der Waals surface area (Å²) < 4.78 is 5.00. The molecule has 0 saturated carbocycles. The van der Waals surface area contributed by atoms with Gasteiger partial charge in [0.05, 0.1) is 12.2 Å². The molecule has 7 nitrogen and oxygen atoms in total. The minimum atomic E-state index is -1.00. The topological polar surface area (TPSA) is 98.2 Å². The first kappa shape index (κ1) is 15.7. The summed E-state index contributed by atoms with van der Waals surface area (Å²) in [5.41, 5.74) is -0.739. The molecule has 1 rings (SSSR count). The maximum Gasteiger partial charge on any atom is 0.408 e. The summed E-state index contributed by atoms with van der Waals surface area (Å²) >= 11 is 0. The third kappa shape index (κ3) is 4.75. The van der Waals surface area contributed by atoms with E-state index in [0.29, 0.717) is 0 Å². The zero-order valence-electron chi connectivity index (χ0n) is 11.8. The minimum absolute atomic E-state index is 0.0599. The number of hydrogen-bond acceptors (Lipinski definition) is 6. The first-order valence-electron chi connectivity index (χ1n) is 6.05. The van der Waals surface area contributed by atoms with E-state index in [4.69, 9.17) is 4.74 Å². The Labute approximate surface area is 116 Å². The largest absolute Gasteiger partial charge is 0.444 e. The zero-order valence-corrected chi connectivity index (χ0v) is 11.8. The van der Waals surface area contributed by atoms with Crippen LogP contribution < -0.4 is 5.32 Å². The van der Waals surface area contributed by atoms with Crippen molar-refractivity contribution in [1.82, 2.24) is 15.3 Å². The van der Waals surface area contributed by atoms with Crippen molar-refractivity contribution in [3.63, 3.8) is 0 Å². The van der Waals surface area contributed by atoms with Gasteiger partial charge in [-0.15, -0.1) is 0 Å². The Balaban J connectivity index is 2.64. The molecule has 0 aliphatic rings. The molecule has 0 spiro atoms. The molecular formula is C13H17N3O4. The van der Waals surface area contributed by atoms with Gasteiger partial charge in [-0.05, 0) is 27.7 Å². The molecular weight excluding hydrogens is 262 g/mol. The highest BCUT2D eigenvalue weighted by Crippen LogP contribution is 2.07. The van der Waals surface area contributed by atoms with Crippen molar-refractivity contribution in [2.45, 2.75) is 39.3 Å². The molecule has 1 atom stereocenters. The molecule has 1 heterocycles. The van der Waals surface area contributed by atoms with E-state index in [0.717, 1.165) is 0 Å². The van der Waals surface area contributed by atoms with Crippen LogP contribution >= 0.6 is 0 Å². The van der Waals surface area contributed by atoms with Crippen LogP contribution in [0.5, 0.6) is 0 Å². The van der Waals surface area contributed by atoms with Gasteiger partial charge in [0.2, 0.25) is 5.78 Å². The molecule has 1 aromatic heterocycles. The van der Waals surface area contributed by atoms with Gasteiger partial charge in [0, 0.05) is 12.4 Å².